The third-order valence-corrected chi connectivity index (χ3v) is 5.18. The van der Waals surface area contributed by atoms with Gasteiger partial charge in [-0.15, -0.1) is 0 Å². The molecule has 3 N–H and O–H groups in total. The molecule has 166 valence electrons. The Labute approximate surface area is 177 Å². The fraction of sp³-hybridized carbons (Fsp3) is 0.400. The first kappa shape index (κ1) is 22.8. The van der Waals surface area contributed by atoms with Crippen LogP contribution in [-0.4, -0.2) is 59.2 Å². The van der Waals surface area contributed by atoms with Crippen LogP contribution in [0.3, 0.4) is 0 Å². The summed E-state index contributed by atoms with van der Waals surface area (Å²) in [6.45, 7) is 2.75. The van der Waals surface area contributed by atoms with E-state index in [0.717, 1.165) is 6.08 Å². The number of para-hydroxylation sites is 1. The number of nitrogens with one attached hydrogen (secondary N) is 1. The zero-order valence-electron chi connectivity index (χ0n) is 16.7. The summed E-state index contributed by atoms with van der Waals surface area (Å²) < 4.78 is 38.2. The Morgan fingerprint density at radius 2 is 2.16 bits per heavy atom. The lowest BCUT2D eigenvalue weighted by atomic mass is 9.79. The molecule has 2 amide bonds. The number of benzene rings is 1. The van der Waals surface area contributed by atoms with Crippen molar-refractivity contribution in [1.82, 2.24) is 10.2 Å². The fourth-order valence-electron chi connectivity index (χ4n) is 3.68. The van der Waals surface area contributed by atoms with Crippen molar-refractivity contribution in [3.63, 3.8) is 0 Å². The van der Waals surface area contributed by atoms with Gasteiger partial charge in [-0.25, -0.2) is 13.6 Å². The zero-order valence-corrected chi connectivity index (χ0v) is 16.7. The third-order valence-electron chi connectivity index (χ3n) is 5.18. The van der Waals surface area contributed by atoms with Gasteiger partial charge >= 0.3 is 13.2 Å². The van der Waals surface area contributed by atoms with E-state index >= 15 is 0 Å². The average molecular weight is 436 g/mol. The van der Waals surface area contributed by atoms with Gasteiger partial charge in [0.25, 0.3) is 5.92 Å². The van der Waals surface area contributed by atoms with Crippen molar-refractivity contribution in [2.75, 3.05) is 13.2 Å². The van der Waals surface area contributed by atoms with Gasteiger partial charge in [0.15, 0.2) is 0 Å². The molecule has 1 aromatic carbocycles. The topological polar surface area (TPSA) is 112 Å². The van der Waals surface area contributed by atoms with E-state index in [2.05, 4.69) is 11.9 Å². The number of carbonyl (C=O) groups is 2. The van der Waals surface area contributed by atoms with Gasteiger partial charge in [-0.1, -0.05) is 24.8 Å². The van der Waals surface area contributed by atoms with Crippen LogP contribution in [0.4, 0.5) is 13.6 Å². The van der Waals surface area contributed by atoms with Crippen LogP contribution in [-0.2, 0) is 9.53 Å². The lowest BCUT2D eigenvalue weighted by Crippen LogP contribution is -2.51. The number of likely N-dealkylation sites (tertiary alicyclic amines) is 1. The molecule has 0 unspecified atom stereocenters. The maximum atomic E-state index is 13.8. The van der Waals surface area contributed by atoms with Crippen molar-refractivity contribution in [2.45, 2.75) is 37.2 Å². The number of piperidine rings is 1. The van der Waals surface area contributed by atoms with Gasteiger partial charge in [0.2, 0.25) is 5.91 Å². The average Bonchev–Trinajstić information content (AvgIpc) is 3.14. The van der Waals surface area contributed by atoms with Crippen LogP contribution >= 0.6 is 0 Å². The summed E-state index contributed by atoms with van der Waals surface area (Å²) in [6.07, 6.45) is 0.116. The SMILES string of the molecule is C=CC(=O)N1CCC(F)(F)C[C@@H]1COC(=O)N[C@H](CB(O)O)c1coc2ccccc12. The van der Waals surface area contributed by atoms with E-state index < -0.39 is 56.6 Å². The van der Waals surface area contributed by atoms with Gasteiger partial charge in [-0.2, -0.15) is 0 Å². The van der Waals surface area contributed by atoms with Gasteiger partial charge in [-0.05, 0) is 12.1 Å². The summed E-state index contributed by atoms with van der Waals surface area (Å²) in [5.74, 6) is -3.49. The molecule has 0 aliphatic carbocycles. The van der Waals surface area contributed by atoms with E-state index in [4.69, 9.17) is 9.15 Å². The monoisotopic (exact) mass is 436 g/mol. The highest BCUT2D eigenvalue weighted by Gasteiger charge is 2.42. The van der Waals surface area contributed by atoms with E-state index in [9.17, 15) is 28.4 Å². The Balaban J connectivity index is 1.69. The Bertz CT molecular complexity index is 951. The number of alkyl halides is 2. The lowest BCUT2D eigenvalue weighted by molar-refractivity contribution is -0.140. The molecule has 8 nitrogen and oxygen atoms in total. The quantitative estimate of drug-likeness (QED) is 0.454. The maximum absolute atomic E-state index is 13.8. The van der Waals surface area contributed by atoms with Crippen LogP contribution in [0.25, 0.3) is 11.0 Å². The first-order valence-electron chi connectivity index (χ1n) is 9.76. The van der Waals surface area contributed by atoms with Crippen molar-refractivity contribution < 1.29 is 37.6 Å². The van der Waals surface area contributed by atoms with Crippen LogP contribution in [0.1, 0.15) is 24.4 Å². The standard InChI is InChI=1S/C20H23BF2N2O6/c1-2-18(26)25-8-7-20(22,23)9-13(25)11-31-19(27)24-16(10-21(28)29)15-12-30-17-6-4-3-5-14(15)17/h2-6,12-13,16,28-29H,1,7-11H2,(H,24,27)/t13-,16-/m1/s1. The minimum absolute atomic E-state index is 0.173. The number of amides is 2. The second kappa shape index (κ2) is 9.48. The molecule has 31 heavy (non-hydrogen) atoms. The summed E-state index contributed by atoms with van der Waals surface area (Å²) >= 11 is 0. The molecule has 2 atom stereocenters. The molecule has 1 aliphatic rings. The predicted octanol–water partition coefficient (Wildman–Crippen LogP) is 2.49. The molecule has 0 radical (unpaired) electrons. The highest BCUT2D eigenvalue weighted by molar-refractivity contribution is 6.41. The lowest BCUT2D eigenvalue weighted by Gasteiger charge is -2.38. The molecule has 3 rings (SSSR count). The highest BCUT2D eigenvalue weighted by Crippen LogP contribution is 2.32. The summed E-state index contributed by atoms with van der Waals surface area (Å²) in [5, 5.41) is 22.0. The predicted molar refractivity (Wildman–Crippen MR) is 108 cm³/mol. The fourth-order valence-corrected chi connectivity index (χ4v) is 3.68. The van der Waals surface area contributed by atoms with Crippen LogP contribution in [0.2, 0.25) is 6.32 Å². The first-order chi connectivity index (χ1) is 14.7. The number of carbonyl (C=O) groups excluding carboxylic acids is 2. The van der Waals surface area contributed by atoms with Crippen molar-refractivity contribution in [1.29, 1.82) is 0 Å². The summed E-state index contributed by atoms with van der Waals surface area (Å²) in [7, 11) is -1.73. The molecular weight excluding hydrogens is 413 g/mol. The Morgan fingerprint density at radius 3 is 2.87 bits per heavy atom. The zero-order chi connectivity index (χ0) is 22.6. The number of rotatable bonds is 7. The number of hydrogen-bond acceptors (Lipinski definition) is 6. The molecule has 1 fully saturated rings. The number of ether oxygens (including phenoxy) is 1. The third kappa shape index (κ3) is 5.62. The number of fused-ring (bicyclic) bond motifs is 1. The molecule has 11 heteroatoms. The Morgan fingerprint density at radius 1 is 1.42 bits per heavy atom. The molecule has 1 aromatic heterocycles. The van der Waals surface area contributed by atoms with Crippen molar-refractivity contribution in [3.05, 3.63) is 48.7 Å². The molecule has 2 heterocycles. The van der Waals surface area contributed by atoms with E-state index in [1.807, 2.05) is 0 Å². The van der Waals surface area contributed by atoms with Crippen molar-refractivity contribution >= 4 is 30.1 Å². The summed E-state index contributed by atoms with van der Waals surface area (Å²) in [6, 6.07) is 5.13. The molecule has 0 spiro atoms. The van der Waals surface area contributed by atoms with Gasteiger partial charge in [-0.3, -0.25) is 4.79 Å². The highest BCUT2D eigenvalue weighted by atomic mass is 19.3. The molecule has 0 saturated carbocycles. The van der Waals surface area contributed by atoms with Crippen LogP contribution in [0.5, 0.6) is 0 Å². The van der Waals surface area contributed by atoms with Gasteiger partial charge < -0.3 is 29.4 Å². The first-order valence-corrected chi connectivity index (χ1v) is 9.76. The molecule has 0 bridgehead atoms. The van der Waals surface area contributed by atoms with Gasteiger partial charge in [0, 0.05) is 36.7 Å². The Kier molecular flexibility index (Phi) is 6.96. The number of hydrogen-bond donors (Lipinski definition) is 3. The van der Waals surface area contributed by atoms with Gasteiger partial charge in [0.05, 0.1) is 18.3 Å². The van der Waals surface area contributed by atoms with Crippen LogP contribution in [0, 0.1) is 0 Å². The van der Waals surface area contributed by atoms with E-state index in [1.54, 1.807) is 24.3 Å². The largest absolute Gasteiger partial charge is 0.464 e. The molecule has 1 saturated heterocycles. The van der Waals surface area contributed by atoms with Crippen molar-refractivity contribution in [2.24, 2.45) is 0 Å². The van der Waals surface area contributed by atoms with Crippen LogP contribution < -0.4 is 5.32 Å². The number of alkyl carbamates (subject to hydrolysis) is 1. The second-order valence-corrected chi connectivity index (χ2v) is 7.40. The maximum Gasteiger partial charge on any atom is 0.453 e. The Hall–Kier alpha value is -2.92. The molecule has 1 aliphatic heterocycles. The van der Waals surface area contributed by atoms with Crippen molar-refractivity contribution in [3.8, 4) is 0 Å². The molecular formula is C20H23BF2N2O6. The van der Waals surface area contributed by atoms with Gasteiger partial charge in [0.1, 0.15) is 12.2 Å². The second-order valence-electron chi connectivity index (χ2n) is 7.40. The minimum atomic E-state index is -2.97. The smallest absolute Gasteiger partial charge is 0.453 e. The molecule has 2 aromatic rings. The normalized spacial score (nSPS) is 19.0. The number of nitrogens with zero attached hydrogens (tertiary/aromatic N) is 1. The van der Waals surface area contributed by atoms with Crippen LogP contribution in [0.15, 0.2) is 47.6 Å². The number of halogens is 2. The van der Waals surface area contributed by atoms with E-state index in [0.29, 0.717) is 16.5 Å². The number of furan rings is 1. The van der Waals surface area contributed by atoms with E-state index in [-0.39, 0.29) is 12.9 Å². The minimum Gasteiger partial charge on any atom is -0.464 e. The summed E-state index contributed by atoms with van der Waals surface area (Å²) in [4.78, 5) is 25.5. The summed E-state index contributed by atoms with van der Waals surface area (Å²) in [5.41, 5.74) is 1.06. The van der Waals surface area contributed by atoms with E-state index in [1.165, 1.54) is 11.2 Å².